The Morgan fingerprint density at radius 3 is 2.43 bits per heavy atom. The smallest absolute Gasteiger partial charge is 0.145 e. The van der Waals surface area contributed by atoms with E-state index in [1.807, 2.05) is 37.3 Å². The first-order chi connectivity index (χ1) is 10.2. The number of para-hydroxylation sites is 1. The van der Waals surface area contributed by atoms with Crippen LogP contribution in [0.5, 0.6) is 0 Å². The molecule has 0 aliphatic rings. The second kappa shape index (κ2) is 6.87. The molecule has 0 heterocycles. The van der Waals surface area contributed by atoms with Gasteiger partial charge in [-0.25, -0.2) is 4.39 Å². The highest BCUT2D eigenvalue weighted by molar-refractivity contribution is 5.46. The zero-order valence-electron chi connectivity index (χ0n) is 12.0. The number of anilines is 1. The Balaban J connectivity index is 2.17. The summed E-state index contributed by atoms with van der Waals surface area (Å²) in [4.78, 5) is 2.09. The predicted molar refractivity (Wildman–Crippen MR) is 81.8 cm³/mol. The van der Waals surface area contributed by atoms with Gasteiger partial charge in [-0.15, -0.1) is 0 Å². The average molecular weight is 283 g/mol. The van der Waals surface area contributed by atoms with E-state index in [-0.39, 0.29) is 5.56 Å². The third-order valence-corrected chi connectivity index (χ3v) is 3.49. The van der Waals surface area contributed by atoms with Crippen molar-refractivity contribution in [3.05, 3.63) is 65.0 Å². The summed E-state index contributed by atoms with van der Waals surface area (Å²) >= 11 is 0. The maximum atomic E-state index is 14.1. The van der Waals surface area contributed by atoms with Crippen LogP contribution in [0.2, 0.25) is 0 Å². The summed E-state index contributed by atoms with van der Waals surface area (Å²) in [6.45, 7) is 3.89. The van der Waals surface area contributed by atoms with Gasteiger partial charge in [0.1, 0.15) is 11.9 Å². The zero-order valence-corrected chi connectivity index (χ0v) is 12.0. The van der Waals surface area contributed by atoms with Gasteiger partial charge in [0.25, 0.3) is 0 Å². The lowest BCUT2D eigenvalue weighted by Gasteiger charge is -2.21. The van der Waals surface area contributed by atoms with Crippen molar-refractivity contribution >= 4 is 5.69 Å². The van der Waals surface area contributed by atoms with Crippen molar-refractivity contribution in [2.75, 3.05) is 12.3 Å². The Kier molecular flexibility index (Phi) is 4.91. The molecule has 2 aromatic carbocycles. The zero-order chi connectivity index (χ0) is 15.2. The van der Waals surface area contributed by atoms with Crippen molar-refractivity contribution in [3.63, 3.8) is 0 Å². The van der Waals surface area contributed by atoms with Crippen molar-refractivity contribution in [3.8, 4) is 6.07 Å². The number of benzene rings is 2. The molecule has 0 atom stereocenters. The predicted octanol–water partition coefficient (Wildman–Crippen LogP) is 3.30. The van der Waals surface area contributed by atoms with E-state index >= 15 is 0 Å². The molecule has 2 aromatic rings. The second-order valence-corrected chi connectivity index (χ2v) is 4.89. The Labute approximate surface area is 124 Å². The van der Waals surface area contributed by atoms with Gasteiger partial charge < -0.3 is 5.73 Å². The molecule has 0 radical (unpaired) electrons. The number of halogens is 1. The molecule has 0 saturated heterocycles. The van der Waals surface area contributed by atoms with Crippen molar-refractivity contribution in [1.82, 2.24) is 4.90 Å². The fourth-order valence-electron chi connectivity index (χ4n) is 2.23. The molecule has 0 spiro atoms. The van der Waals surface area contributed by atoms with Gasteiger partial charge in [0.15, 0.2) is 0 Å². The van der Waals surface area contributed by atoms with Gasteiger partial charge in [0, 0.05) is 24.3 Å². The third-order valence-electron chi connectivity index (χ3n) is 3.49. The first-order valence-electron chi connectivity index (χ1n) is 6.89. The monoisotopic (exact) mass is 283 g/mol. The maximum Gasteiger partial charge on any atom is 0.145 e. The molecule has 0 amide bonds. The lowest BCUT2D eigenvalue weighted by molar-refractivity contribution is 0.268. The highest BCUT2D eigenvalue weighted by Crippen LogP contribution is 2.18. The van der Waals surface area contributed by atoms with E-state index in [1.54, 1.807) is 12.1 Å². The minimum absolute atomic E-state index is 0.0859. The number of nitrogens with zero attached hydrogens (tertiary/aromatic N) is 2. The van der Waals surface area contributed by atoms with E-state index in [9.17, 15) is 4.39 Å². The van der Waals surface area contributed by atoms with Crippen molar-refractivity contribution < 1.29 is 4.39 Å². The fraction of sp³-hybridized carbons (Fsp3) is 0.235. The van der Waals surface area contributed by atoms with Crippen LogP contribution in [-0.4, -0.2) is 11.4 Å². The molecule has 0 saturated carbocycles. The van der Waals surface area contributed by atoms with Gasteiger partial charge >= 0.3 is 0 Å². The largest absolute Gasteiger partial charge is 0.398 e. The van der Waals surface area contributed by atoms with Gasteiger partial charge in [0.05, 0.1) is 5.56 Å². The molecule has 21 heavy (non-hydrogen) atoms. The molecule has 108 valence electrons. The van der Waals surface area contributed by atoms with E-state index in [1.165, 1.54) is 6.07 Å². The third kappa shape index (κ3) is 3.59. The molecule has 0 fully saturated rings. The van der Waals surface area contributed by atoms with E-state index in [0.717, 1.165) is 17.8 Å². The second-order valence-electron chi connectivity index (χ2n) is 4.89. The number of hydrogen-bond acceptors (Lipinski definition) is 3. The van der Waals surface area contributed by atoms with Gasteiger partial charge in [-0.2, -0.15) is 5.26 Å². The number of hydrogen-bond donors (Lipinski definition) is 1. The number of nitriles is 1. The van der Waals surface area contributed by atoms with E-state index < -0.39 is 5.82 Å². The minimum atomic E-state index is -0.431. The Bertz CT molecular complexity index is 661. The topological polar surface area (TPSA) is 53.0 Å². The van der Waals surface area contributed by atoms with Crippen LogP contribution in [0.15, 0.2) is 42.5 Å². The molecule has 4 heteroatoms. The van der Waals surface area contributed by atoms with Crippen LogP contribution in [0.4, 0.5) is 10.1 Å². The van der Waals surface area contributed by atoms with Gasteiger partial charge in [0.2, 0.25) is 0 Å². The van der Waals surface area contributed by atoms with Crippen LogP contribution in [0.25, 0.3) is 0 Å². The summed E-state index contributed by atoms with van der Waals surface area (Å²) in [5.74, 6) is -0.431. The van der Waals surface area contributed by atoms with E-state index in [0.29, 0.717) is 18.7 Å². The molecule has 0 aliphatic carbocycles. The average Bonchev–Trinajstić information content (AvgIpc) is 2.50. The SMILES string of the molecule is CCN(Cc1ccccc1N)Cc1cccc(C#N)c1F. The van der Waals surface area contributed by atoms with Crippen LogP contribution >= 0.6 is 0 Å². The molecule has 2 N–H and O–H groups in total. The summed E-state index contributed by atoms with van der Waals surface area (Å²) in [7, 11) is 0. The number of rotatable bonds is 5. The van der Waals surface area contributed by atoms with Crippen LogP contribution in [0, 0.1) is 17.1 Å². The van der Waals surface area contributed by atoms with Gasteiger partial charge in [-0.05, 0) is 24.2 Å². The minimum Gasteiger partial charge on any atom is -0.398 e. The summed E-state index contributed by atoms with van der Waals surface area (Å²) in [5.41, 5.74) is 8.33. The van der Waals surface area contributed by atoms with Gasteiger partial charge in [-0.3, -0.25) is 4.90 Å². The summed E-state index contributed by atoms with van der Waals surface area (Å²) in [6.07, 6.45) is 0. The van der Waals surface area contributed by atoms with Crippen LogP contribution in [0.1, 0.15) is 23.6 Å². The summed E-state index contributed by atoms with van der Waals surface area (Å²) < 4.78 is 14.1. The maximum absolute atomic E-state index is 14.1. The first-order valence-corrected chi connectivity index (χ1v) is 6.89. The lowest BCUT2D eigenvalue weighted by Crippen LogP contribution is -2.23. The molecule has 0 aromatic heterocycles. The van der Waals surface area contributed by atoms with Crippen molar-refractivity contribution in [2.45, 2.75) is 20.0 Å². The van der Waals surface area contributed by atoms with Crippen molar-refractivity contribution in [2.24, 2.45) is 0 Å². The fourth-order valence-corrected chi connectivity index (χ4v) is 2.23. The Hall–Kier alpha value is -2.38. The van der Waals surface area contributed by atoms with E-state index in [4.69, 9.17) is 11.0 Å². The molecule has 3 nitrogen and oxygen atoms in total. The standard InChI is InChI=1S/C17H18FN3/c1-2-21(11-14-6-3-4-9-16(14)20)12-15-8-5-7-13(10-19)17(15)18/h3-9H,2,11-12,20H2,1H3. The first kappa shape index (κ1) is 15.0. The van der Waals surface area contributed by atoms with E-state index in [2.05, 4.69) is 4.90 Å². The summed E-state index contributed by atoms with van der Waals surface area (Å²) in [6, 6.07) is 14.5. The molecule has 0 aliphatic heterocycles. The Morgan fingerprint density at radius 1 is 1.10 bits per heavy atom. The quantitative estimate of drug-likeness (QED) is 0.857. The van der Waals surface area contributed by atoms with Gasteiger partial charge in [-0.1, -0.05) is 37.3 Å². The normalized spacial score (nSPS) is 10.6. The molecule has 0 bridgehead atoms. The van der Waals surface area contributed by atoms with Crippen LogP contribution in [0.3, 0.4) is 0 Å². The highest BCUT2D eigenvalue weighted by atomic mass is 19.1. The number of nitrogens with two attached hydrogens (primary N) is 1. The number of nitrogen functional groups attached to an aromatic ring is 1. The molecule has 0 unspecified atom stereocenters. The Morgan fingerprint density at radius 2 is 1.76 bits per heavy atom. The van der Waals surface area contributed by atoms with Crippen molar-refractivity contribution in [1.29, 1.82) is 5.26 Å². The van der Waals surface area contributed by atoms with Crippen LogP contribution < -0.4 is 5.73 Å². The molecular formula is C17H18FN3. The molecular weight excluding hydrogens is 265 g/mol. The summed E-state index contributed by atoms with van der Waals surface area (Å²) in [5, 5.41) is 8.89. The lowest BCUT2D eigenvalue weighted by atomic mass is 10.1. The highest BCUT2D eigenvalue weighted by Gasteiger charge is 2.12. The molecule has 2 rings (SSSR count). The van der Waals surface area contributed by atoms with Crippen LogP contribution in [-0.2, 0) is 13.1 Å².